The number of halogens is 3. The van der Waals surface area contributed by atoms with E-state index in [0.29, 0.717) is 0 Å². The van der Waals surface area contributed by atoms with Gasteiger partial charge in [0.25, 0.3) is 0 Å². The SMILES string of the molecule is CC(Cl)N(F)F. The highest BCUT2D eigenvalue weighted by molar-refractivity contribution is 6.19. The molecule has 0 aromatic rings. The van der Waals surface area contributed by atoms with Gasteiger partial charge >= 0.3 is 0 Å². The lowest BCUT2D eigenvalue weighted by molar-refractivity contribution is -0.161. The van der Waals surface area contributed by atoms with E-state index < -0.39 is 10.8 Å². The Kier molecular flexibility index (Phi) is 2.35. The summed E-state index contributed by atoms with van der Waals surface area (Å²) in [5.74, 6) is 0. The Morgan fingerprint density at radius 1 is 1.67 bits per heavy atom. The van der Waals surface area contributed by atoms with Crippen LogP contribution in [0.3, 0.4) is 0 Å². The van der Waals surface area contributed by atoms with Gasteiger partial charge in [0.1, 0.15) is 5.50 Å². The van der Waals surface area contributed by atoms with Gasteiger partial charge in [-0.15, -0.1) is 11.6 Å². The van der Waals surface area contributed by atoms with E-state index in [2.05, 4.69) is 0 Å². The third-order valence-electron chi connectivity index (χ3n) is 0.269. The van der Waals surface area contributed by atoms with Gasteiger partial charge in [-0.2, -0.15) is 0 Å². The van der Waals surface area contributed by atoms with Crippen LogP contribution >= 0.6 is 11.6 Å². The van der Waals surface area contributed by atoms with Crippen molar-refractivity contribution < 1.29 is 8.96 Å². The molecule has 0 aromatic carbocycles. The standard InChI is InChI=1S/C2H4ClF2N/c1-2(3)6(4)5/h2H,1H3. The highest BCUT2D eigenvalue weighted by Crippen LogP contribution is 2.02. The first-order valence-corrected chi connectivity index (χ1v) is 1.83. The van der Waals surface area contributed by atoms with Crippen molar-refractivity contribution >= 4 is 11.6 Å². The molecule has 0 N–H and O–H groups in total. The molecule has 0 rings (SSSR count). The molecule has 38 valence electrons. The van der Waals surface area contributed by atoms with E-state index in [-0.39, 0.29) is 0 Å². The second-order valence-electron chi connectivity index (χ2n) is 0.833. The highest BCUT2D eigenvalue weighted by atomic mass is 35.5. The molecule has 1 unspecified atom stereocenters. The molecule has 0 aliphatic rings. The minimum absolute atomic E-state index is 1.07. The zero-order valence-electron chi connectivity index (χ0n) is 3.16. The smallest absolute Gasteiger partial charge is 0.100 e. The van der Waals surface area contributed by atoms with E-state index >= 15 is 0 Å². The van der Waals surface area contributed by atoms with Gasteiger partial charge in [0.15, 0.2) is 0 Å². The first kappa shape index (κ1) is 6.11. The van der Waals surface area contributed by atoms with Crippen LogP contribution in [0.25, 0.3) is 0 Å². The molecule has 0 bridgehead atoms. The predicted octanol–water partition coefficient (Wildman–Crippen LogP) is 1.64. The Balaban J connectivity index is 2.99. The Morgan fingerprint density at radius 2 is 1.83 bits per heavy atom. The second-order valence-corrected chi connectivity index (χ2v) is 1.46. The van der Waals surface area contributed by atoms with Crippen molar-refractivity contribution in [1.29, 1.82) is 0 Å². The molecule has 0 aromatic heterocycles. The average Bonchev–Trinajstić information content (AvgIpc) is 1.36. The van der Waals surface area contributed by atoms with Gasteiger partial charge in [-0.25, -0.2) is 0 Å². The number of nitrogens with zero attached hydrogens (tertiary/aromatic N) is 1. The van der Waals surface area contributed by atoms with Crippen LogP contribution in [0.5, 0.6) is 0 Å². The third-order valence-corrected chi connectivity index (χ3v) is 0.416. The lowest BCUT2D eigenvalue weighted by Gasteiger charge is -1.97. The van der Waals surface area contributed by atoms with Gasteiger partial charge in [0.05, 0.1) is 0 Å². The van der Waals surface area contributed by atoms with Crippen molar-refractivity contribution in [2.75, 3.05) is 0 Å². The van der Waals surface area contributed by atoms with E-state index in [1.807, 2.05) is 0 Å². The molecule has 0 fully saturated rings. The third kappa shape index (κ3) is 2.35. The van der Waals surface area contributed by atoms with Crippen LogP contribution in [0.4, 0.5) is 8.96 Å². The van der Waals surface area contributed by atoms with Crippen LogP contribution in [0.15, 0.2) is 0 Å². The van der Waals surface area contributed by atoms with Crippen molar-refractivity contribution in [2.24, 2.45) is 0 Å². The molecule has 0 heterocycles. The first-order chi connectivity index (χ1) is 2.64. The molecule has 0 aliphatic carbocycles. The Labute approximate surface area is 39.4 Å². The number of alkyl halides is 1. The molecule has 4 heteroatoms. The summed E-state index contributed by atoms with van der Waals surface area (Å²) in [6, 6.07) is 0. The summed E-state index contributed by atoms with van der Waals surface area (Å²) >= 11 is 4.79. The Bertz CT molecular complexity index is 32.5. The Hall–Kier alpha value is 0.110. The van der Waals surface area contributed by atoms with Crippen molar-refractivity contribution in [1.82, 2.24) is 5.34 Å². The van der Waals surface area contributed by atoms with Crippen LogP contribution < -0.4 is 0 Å². The van der Waals surface area contributed by atoms with Crippen LogP contribution in [-0.2, 0) is 0 Å². The quantitative estimate of drug-likeness (QED) is 0.285. The lowest BCUT2D eigenvalue weighted by Crippen LogP contribution is -2.07. The number of rotatable bonds is 1. The molecule has 0 amide bonds. The van der Waals surface area contributed by atoms with Crippen molar-refractivity contribution in [2.45, 2.75) is 12.4 Å². The monoisotopic (exact) mass is 115 g/mol. The van der Waals surface area contributed by atoms with Crippen LogP contribution in [0.2, 0.25) is 0 Å². The highest BCUT2D eigenvalue weighted by Gasteiger charge is 2.04. The molecule has 1 atom stereocenters. The minimum atomic E-state index is -1.18. The second kappa shape index (κ2) is 2.31. The van der Waals surface area contributed by atoms with E-state index in [4.69, 9.17) is 11.6 Å². The number of hydrogen-bond donors (Lipinski definition) is 0. The molecule has 0 saturated heterocycles. The fourth-order valence-electron chi connectivity index (χ4n) is 0. The maximum atomic E-state index is 10.9. The maximum Gasteiger partial charge on any atom is 0.144 e. The van der Waals surface area contributed by atoms with Crippen LogP contribution in [0.1, 0.15) is 6.92 Å². The predicted molar refractivity (Wildman–Crippen MR) is 19.4 cm³/mol. The topological polar surface area (TPSA) is 3.24 Å². The van der Waals surface area contributed by atoms with Crippen LogP contribution in [0, 0.1) is 0 Å². The van der Waals surface area contributed by atoms with E-state index in [1.54, 1.807) is 0 Å². The van der Waals surface area contributed by atoms with Crippen molar-refractivity contribution in [3.05, 3.63) is 0 Å². The normalized spacial score (nSPS) is 15.5. The molecule has 0 aliphatic heterocycles. The van der Waals surface area contributed by atoms with Gasteiger partial charge in [-0.05, 0) is 6.92 Å². The molecule has 6 heavy (non-hydrogen) atoms. The summed E-state index contributed by atoms with van der Waals surface area (Å²) in [6.07, 6.45) is 0. The first-order valence-electron chi connectivity index (χ1n) is 1.39. The molecular formula is C2H4ClF2N. The van der Waals surface area contributed by atoms with E-state index in [1.165, 1.54) is 6.92 Å². The summed E-state index contributed by atoms with van der Waals surface area (Å²) in [5.41, 5.74) is -1.18. The zero-order chi connectivity index (χ0) is 5.15. The molecular weight excluding hydrogens is 111 g/mol. The molecule has 0 saturated carbocycles. The summed E-state index contributed by atoms with van der Waals surface area (Å²) in [4.78, 5) is 0. The van der Waals surface area contributed by atoms with Crippen LogP contribution in [-0.4, -0.2) is 10.8 Å². The van der Waals surface area contributed by atoms with E-state index in [9.17, 15) is 8.96 Å². The van der Waals surface area contributed by atoms with Gasteiger partial charge < -0.3 is 0 Å². The van der Waals surface area contributed by atoms with E-state index in [0.717, 1.165) is 0 Å². The van der Waals surface area contributed by atoms with Gasteiger partial charge in [-0.3, -0.25) is 0 Å². The Morgan fingerprint density at radius 3 is 1.83 bits per heavy atom. The molecule has 0 radical (unpaired) electrons. The fraction of sp³-hybridized carbons (Fsp3) is 1.00. The van der Waals surface area contributed by atoms with Gasteiger partial charge in [-0.1, -0.05) is 8.96 Å². The fourth-order valence-corrected chi connectivity index (χ4v) is 0. The van der Waals surface area contributed by atoms with Gasteiger partial charge in [0.2, 0.25) is 0 Å². The summed E-state index contributed by atoms with van der Waals surface area (Å²) in [7, 11) is 0. The largest absolute Gasteiger partial charge is 0.144 e. The maximum absolute atomic E-state index is 10.9. The summed E-state index contributed by atoms with van der Waals surface area (Å²) in [5, 5.41) is -1.07. The lowest BCUT2D eigenvalue weighted by atomic mass is 10.8. The van der Waals surface area contributed by atoms with Crippen molar-refractivity contribution in [3.8, 4) is 0 Å². The zero-order valence-corrected chi connectivity index (χ0v) is 3.91. The summed E-state index contributed by atoms with van der Waals surface area (Å²) in [6.45, 7) is 1.18. The van der Waals surface area contributed by atoms with Gasteiger partial charge in [0, 0.05) is 5.34 Å². The summed E-state index contributed by atoms with van der Waals surface area (Å²) < 4.78 is 21.7. The average molecular weight is 116 g/mol. The molecule has 1 nitrogen and oxygen atoms in total. The minimum Gasteiger partial charge on any atom is -0.100 e. The molecule has 0 spiro atoms. The van der Waals surface area contributed by atoms with Crippen molar-refractivity contribution in [3.63, 3.8) is 0 Å². The number of hydrogen-bond acceptors (Lipinski definition) is 1.